The van der Waals surface area contributed by atoms with E-state index in [1.165, 1.54) is 0 Å². The van der Waals surface area contributed by atoms with Gasteiger partial charge in [0, 0.05) is 22.4 Å². The van der Waals surface area contributed by atoms with Gasteiger partial charge in [-0.1, -0.05) is 6.07 Å². The number of nitrogens with one attached hydrogen (secondary N) is 2. The van der Waals surface area contributed by atoms with Crippen molar-refractivity contribution in [3.8, 4) is 5.75 Å². The fraction of sp³-hybridized carbons (Fsp3) is 0.333. The van der Waals surface area contributed by atoms with Crippen LogP contribution in [0.1, 0.15) is 55.3 Å². The molecule has 2 amide bonds. The van der Waals surface area contributed by atoms with Crippen molar-refractivity contribution in [1.29, 1.82) is 0 Å². The zero-order valence-corrected chi connectivity index (χ0v) is 15.9. The Morgan fingerprint density at radius 2 is 1.50 bits per heavy atom. The third-order valence-corrected chi connectivity index (χ3v) is 3.36. The van der Waals surface area contributed by atoms with Crippen LogP contribution in [0, 0.1) is 0 Å². The first-order chi connectivity index (χ1) is 12.1. The molecule has 2 N–H and O–H groups in total. The Morgan fingerprint density at radius 1 is 0.923 bits per heavy atom. The number of carbonyl (C=O) groups is 2. The summed E-state index contributed by atoms with van der Waals surface area (Å²) < 4.78 is 5.58. The highest BCUT2D eigenvalue weighted by atomic mass is 16.5. The van der Waals surface area contributed by atoms with Crippen LogP contribution in [-0.4, -0.2) is 23.5 Å². The number of carbonyl (C=O) groups excluding carboxylic acids is 2. The second-order valence-electron chi connectivity index (χ2n) is 7.43. The Bertz CT molecular complexity index is 775. The topological polar surface area (TPSA) is 67.4 Å². The minimum atomic E-state index is -0.338. The molecule has 0 bridgehead atoms. The van der Waals surface area contributed by atoms with Crippen molar-refractivity contribution in [3.63, 3.8) is 0 Å². The van der Waals surface area contributed by atoms with E-state index < -0.39 is 0 Å². The predicted octanol–water partition coefficient (Wildman–Crippen LogP) is 4.25. The van der Waals surface area contributed by atoms with Crippen molar-refractivity contribution in [1.82, 2.24) is 5.32 Å². The molecule has 0 fully saturated rings. The highest BCUT2D eigenvalue weighted by molar-refractivity contribution is 6.06. The number of rotatable bonds is 5. The molecule has 0 aliphatic rings. The molecule has 0 spiro atoms. The number of hydrogen-bond acceptors (Lipinski definition) is 3. The van der Waals surface area contributed by atoms with Gasteiger partial charge in [0.1, 0.15) is 5.75 Å². The third kappa shape index (κ3) is 5.92. The first-order valence-electron chi connectivity index (χ1n) is 8.65. The zero-order chi connectivity index (χ0) is 19.3. The summed E-state index contributed by atoms with van der Waals surface area (Å²) in [7, 11) is 0. The summed E-state index contributed by atoms with van der Waals surface area (Å²) in [4.78, 5) is 24.7. The van der Waals surface area contributed by atoms with Crippen molar-refractivity contribution in [2.24, 2.45) is 0 Å². The van der Waals surface area contributed by atoms with Crippen molar-refractivity contribution in [2.75, 3.05) is 5.32 Å². The summed E-state index contributed by atoms with van der Waals surface area (Å²) in [5.41, 5.74) is 1.20. The average molecular weight is 354 g/mol. The van der Waals surface area contributed by atoms with Gasteiger partial charge in [0.15, 0.2) is 0 Å². The van der Waals surface area contributed by atoms with E-state index in [-0.39, 0.29) is 23.5 Å². The molecule has 26 heavy (non-hydrogen) atoms. The van der Waals surface area contributed by atoms with E-state index >= 15 is 0 Å². The smallest absolute Gasteiger partial charge is 0.255 e. The van der Waals surface area contributed by atoms with Crippen molar-refractivity contribution >= 4 is 17.5 Å². The Kier molecular flexibility index (Phi) is 6.03. The predicted molar refractivity (Wildman–Crippen MR) is 104 cm³/mol. The minimum absolute atomic E-state index is 0.0948. The number of anilines is 1. The van der Waals surface area contributed by atoms with Crippen molar-refractivity contribution < 1.29 is 14.3 Å². The highest BCUT2D eigenvalue weighted by Crippen LogP contribution is 2.18. The van der Waals surface area contributed by atoms with Crippen LogP contribution < -0.4 is 15.4 Å². The van der Waals surface area contributed by atoms with E-state index in [4.69, 9.17) is 4.74 Å². The van der Waals surface area contributed by atoms with Crippen LogP contribution in [0.15, 0.2) is 48.5 Å². The van der Waals surface area contributed by atoms with Gasteiger partial charge in [0.05, 0.1) is 6.10 Å². The van der Waals surface area contributed by atoms with Crippen LogP contribution in [0.25, 0.3) is 0 Å². The average Bonchev–Trinajstić information content (AvgIpc) is 2.55. The van der Waals surface area contributed by atoms with Gasteiger partial charge in [-0.05, 0) is 77.1 Å². The first-order valence-corrected chi connectivity index (χ1v) is 8.65. The normalized spacial score (nSPS) is 11.2. The molecule has 0 unspecified atom stereocenters. The second kappa shape index (κ2) is 8.04. The molecule has 0 saturated heterocycles. The SMILES string of the molecule is CC(C)Oc1ccc(NC(=O)c2cccc(C(=O)NC(C)(C)C)c2)cc1. The number of amides is 2. The van der Waals surface area contributed by atoms with Crippen LogP contribution in [-0.2, 0) is 0 Å². The number of ether oxygens (including phenoxy) is 1. The largest absolute Gasteiger partial charge is 0.491 e. The van der Waals surface area contributed by atoms with Crippen molar-refractivity contribution in [2.45, 2.75) is 46.3 Å². The van der Waals surface area contributed by atoms with Gasteiger partial charge in [-0.15, -0.1) is 0 Å². The van der Waals surface area contributed by atoms with Gasteiger partial charge in [0.2, 0.25) is 0 Å². The number of hydrogen-bond donors (Lipinski definition) is 2. The molecule has 2 aromatic carbocycles. The van der Waals surface area contributed by atoms with E-state index in [9.17, 15) is 9.59 Å². The van der Waals surface area contributed by atoms with Gasteiger partial charge in [-0.25, -0.2) is 0 Å². The summed E-state index contributed by atoms with van der Waals surface area (Å²) in [5.74, 6) is 0.272. The lowest BCUT2D eigenvalue weighted by Crippen LogP contribution is -2.40. The molecule has 5 nitrogen and oxygen atoms in total. The van der Waals surface area contributed by atoms with Gasteiger partial charge < -0.3 is 15.4 Å². The summed E-state index contributed by atoms with van der Waals surface area (Å²) in [5, 5.41) is 5.72. The molecule has 138 valence electrons. The second-order valence-corrected chi connectivity index (χ2v) is 7.43. The Balaban J connectivity index is 2.08. The Hall–Kier alpha value is -2.82. The van der Waals surface area contributed by atoms with Crippen LogP contribution in [0.3, 0.4) is 0 Å². The van der Waals surface area contributed by atoms with Crippen LogP contribution >= 0.6 is 0 Å². The maximum absolute atomic E-state index is 12.5. The summed E-state index contributed by atoms with van der Waals surface area (Å²) in [6, 6.07) is 13.8. The van der Waals surface area contributed by atoms with Gasteiger partial charge in [0.25, 0.3) is 11.8 Å². The van der Waals surface area contributed by atoms with Gasteiger partial charge >= 0.3 is 0 Å². The fourth-order valence-corrected chi connectivity index (χ4v) is 2.31. The monoisotopic (exact) mass is 354 g/mol. The molecule has 0 radical (unpaired) electrons. The zero-order valence-electron chi connectivity index (χ0n) is 15.9. The summed E-state index contributed by atoms with van der Waals surface area (Å²) in [6.45, 7) is 9.65. The summed E-state index contributed by atoms with van der Waals surface area (Å²) in [6.07, 6.45) is 0.0948. The standard InChI is InChI=1S/C21H26N2O3/c1-14(2)26-18-11-9-17(10-12-18)22-19(24)15-7-6-8-16(13-15)20(25)23-21(3,4)5/h6-14H,1-5H3,(H,22,24)(H,23,25). The lowest BCUT2D eigenvalue weighted by molar-refractivity contribution is 0.0919. The molecule has 0 heterocycles. The number of benzene rings is 2. The fourth-order valence-electron chi connectivity index (χ4n) is 2.31. The molecule has 5 heteroatoms. The molecular formula is C21H26N2O3. The maximum Gasteiger partial charge on any atom is 0.255 e. The lowest BCUT2D eigenvalue weighted by Gasteiger charge is -2.20. The summed E-state index contributed by atoms with van der Waals surface area (Å²) >= 11 is 0. The molecule has 0 atom stereocenters. The highest BCUT2D eigenvalue weighted by Gasteiger charge is 2.16. The Morgan fingerprint density at radius 3 is 2.04 bits per heavy atom. The molecule has 0 aliphatic heterocycles. The molecule has 0 aromatic heterocycles. The quantitative estimate of drug-likeness (QED) is 0.843. The van der Waals surface area contributed by atoms with Crippen LogP contribution in [0.4, 0.5) is 5.69 Å². The lowest BCUT2D eigenvalue weighted by atomic mass is 10.1. The van der Waals surface area contributed by atoms with Gasteiger partial charge in [-0.3, -0.25) is 9.59 Å². The molecule has 2 aromatic rings. The van der Waals surface area contributed by atoms with Crippen LogP contribution in [0.2, 0.25) is 0 Å². The van der Waals surface area contributed by atoms with Crippen molar-refractivity contribution in [3.05, 3.63) is 59.7 Å². The molecule has 0 aliphatic carbocycles. The molecule has 2 rings (SSSR count). The molecular weight excluding hydrogens is 328 g/mol. The van der Waals surface area contributed by atoms with E-state index in [0.717, 1.165) is 5.75 Å². The van der Waals surface area contributed by atoms with E-state index in [0.29, 0.717) is 16.8 Å². The Labute approximate surface area is 154 Å². The third-order valence-electron chi connectivity index (χ3n) is 3.36. The first kappa shape index (κ1) is 19.5. The van der Waals surface area contributed by atoms with E-state index in [1.54, 1.807) is 36.4 Å². The van der Waals surface area contributed by atoms with Gasteiger partial charge in [-0.2, -0.15) is 0 Å². The maximum atomic E-state index is 12.5. The van der Waals surface area contributed by atoms with Crippen LogP contribution in [0.5, 0.6) is 5.75 Å². The molecule has 0 saturated carbocycles. The minimum Gasteiger partial charge on any atom is -0.491 e. The van der Waals surface area contributed by atoms with E-state index in [2.05, 4.69) is 10.6 Å². The van der Waals surface area contributed by atoms with E-state index in [1.807, 2.05) is 46.8 Å².